The van der Waals surface area contributed by atoms with Crippen LogP contribution in [0.5, 0.6) is 0 Å². The van der Waals surface area contributed by atoms with Gasteiger partial charge in [-0.1, -0.05) is 0 Å². The normalized spacial score (nSPS) is 10.8. The summed E-state index contributed by atoms with van der Waals surface area (Å²) in [5.74, 6) is 0.838. The maximum Gasteiger partial charge on any atom is 0.138 e. The zero-order valence-electron chi connectivity index (χ0n) is 7.07. The summed E-state index contributed by atoms with van der Waals surface area (Å²) in [5, 5.41) is 0. The van der Waals surface area contributed by atoms with E-state index < -0.39 is 0 Å². The van der Waals surface area contributed by atoms with Crippen molar-refractivity contribution in [3.8, 4) is 0 Å². The second-order valence-corrected chi connectivity index (χ2v) is 2.41. The van der Waals surface area contributed by atoms with Crippen LogP contribution >= 0.6 is 0 Å². The van der Waals surface area contributed by atoms with Gasteiger partial charge < -0.3 is 10.3 Å². The lowest BCUT2D eigenvalue weighted by Gasteiger charge is -1.97. The topological polar surface area (TPSA) is 55.7 Å². The fraction of sp³-hybridized carbons (Fsp3) is 0.250. The smallest absolute Gasteiger partial charge is 0.138 e. The molecule has 0 unspecified atom stereocenters. The molecule has 1 rings (SSSR count). The number of nitrogens with zero attached hydrogens (tertiary/aromatic N) is 3. The Bertz CT molecular complexity index is 298. The van der Waals surface area contributed by atoms with Gasteiger partial charge in [0.05, 0.1) is 0 Å². The van der Waals surface area contributed by atoms with Crippen molar-refractivity contribution in [2.75, 3.05) is 0 Å². The Morgan fingerprint density at radius 1 is 1.75 bits per heavy atom. The van der Waals surface area contributed by atoms with Crippen LogP contribution in [0, 0.1) is 0 Å². The molecule has 0 aromatic carbocycles. The zero-order valence-corrected chi connectivity index (χ0v) is 7.07. The molecule has 0 aliphatic heterocycles. The van der Waals surface area contributed by atoms with Gasteiger partial charge in [-0.25, -0.2) is 4.99 Å². The summed E-state index contributed by atoms with van der Waals surface area (Å²) in [5.41, 5.74) is 6.51. The summed E-state index contributed by atoms with van der Waals surface area (Å²) in [7, 11) is 1.91. The minimum absolute atomic E-state index is 0.491. The van der Waals surface area contributed by atoms with E-state index in [0.29, 0.717) is 6.54 Å². The lowest BCUT2D eigenvalue weighted by molar-refractivity contribution is 0.915. The molecule has 4 heteroatoms. The maximum atomic E-state index is 5.50. The summed E-state index contributed by atoms with van der Waals surface area (Å²) in [6.45, 7) is 3.80. The standard InChI is InChI=1S/C8H12N4/c1-10-6-11-8-7(5-9)3-4-12(8)2/h3-4,6H,1,5,9H2,2H3/b11-6-. The first-order chi connectivity index (χ1) is 5.79. The highest BCUT2D eigenvalue weighted by molar-refractivity contribution is 5.66. The molecule has 0 fully saturated rings. The van der Waals surface area contributed by atoms with Gasteiger partial charge in [0.25, 0.3) is 0 Å². The van der Waals surface area contributed by atoms with E-state index in [-0.39, 0.29) is 0 Å². The molecule has 0 atom stereocenters. The summed E-state index contributed by atoms with van der Waals surface area (Å²) >= 11 is 0. The zero-order chi connectivity index (χ0) is 8.97. The number of aliphatic imine (C=N–C) groups is 2. The van der Waals surface area contributed by atoms with Crippen molar-refractivity contribution in [3.05, 3.63) is 17.8 Å². The van der Waals surface area contributed by atoms with Crippen LogP contribution in [0.15, 0.2) is 22.2 Å². The Labute approximate surface area is 71.4 Å². The molecule has 0 radical (unpaired) electrons. The molecule has 1 heterocycles. The predicted octanol–water partition coefficient (Wildman–Crippen LogP) is 0.844. The molecule has 0 spiro atoms. The average molecular weight is 164 g/mol. The molecule has 0 saturated heterocycles. The van der Waals surface area contributed by atoms with Gasteiger partial charge in [0, 0.05) is 25.4 Å². The van der Waals surface area contributed by atoms with Gasteiger partial charge in [0.1, 0.15) is 12.2 Å². The molecule has 2 N–H and O–H groups in total. The number of rotatable bonds is 3. The van der Waals surface area contributed by atoms with E-state index >= 15 is 0 Å². The van der Waals surface area contributed by atoms with Crippen molar-refractivity contribution in [3.63, 3.8) is 0 Å². The Hall–Kier alpha value is -1.42. The highest BCUT2D eigenvalue weighted by atomic mass is 15.1. The Morgan fingerprint density at radius 3 is 3.08 bits per heavy atom. The van der Waals surface area contributed by atoms with Crippen molar-refractivity contribution in [1.29, 1.82) is 0 Å². The van der Waals surface area contributed by atoms with E-state index in [1.165, 1.54) is 6.34 Å². The highest BCUT2D eigenvalue weighted by Crippen LogP contribution is 2.18. The van der Waals surface area contributed by atoms with E-state index in [2.05, 4.69) is 16.7 Å². The largest absolute Gasteiger partial charge is 0.336 e. The predicted molar refractivity (Wildman–Crippen MR) is 51.0 cm³/mol. The van der Waals surface area contributed by atoms with Gasteiger partial charge in [-0.2, -0.15) is 0 Å². The minimum atomic E-state index is 0.491. The van der Waals surface area contributed by atoms with Crippen LogP contribution in [0.1, 0.15) is 5.56 Å². The molecule has 12 heavy (non-hydrogen) atoms. The van der Waals surface area contributed by atoms with E-state index in [1.54, 1.807) is 0 Å². The van der Waals surface area contributed by atoms with Crippen molar-refractivity contribution < 1.29 is 0 Å². The van der Waals surface area contributed by atoms with Crippen LogP contribution in [0.4, 0.5) is 5.82 Å². The van der Waals surface area contributed by atoms with Crippen LogP contribution < -0.4 is 5.73 Å². The molecular formula is C8H12N4. The summed E-state index contributed by atoms with van der Waals surface area (Å²) in [6, 6.07) is 1.94. The lowest BCUT2D eigenvalue weighted by atomic mass is 10.3. The maximum absolute atomic E-state index is 5.50. The van der Waals surface area contributed by atoms with Gasteiger partial charge in [0.15, 0.2) is 0 Å². The van der Waals surface area contributed by atoms with Crippen LogP contribution in [0.3, 0.4) is 0 Å². The number of nitrogens with two attached hydrogens (primary N) is 1. The van der Waals surface area contributed by atoms with Crippen LogP contribution in [0.25, 0.3) is 0 Å². The van der Waals surface area contributed by atoms with Crippen molar-refractivity contribution >= 4 is 18.9 Å². The van der Waals surface area contributed by atoms with E-state index in [0.717, 1.165) is 11.4 Å². The third kappa shape index (κ3) is 1.60. The van der Waals surface area contributed by atoms with E-state index in [4.69, 9.17) is 5.73 Å². The fourth-order valence-corrected chi connectivity index (χ4v) is 1.00. The van der Waals surface area contributed by atoms with Crippen LogP contribution in [-0.4, -0.2) is 17.6 Å². The molecule has 0 saturated carbocycles. The quantitative estimate of drug-likeness (QED) is 0.522. The van der Waals surface area contributed by atoms with Crippen molar-refractivity contribution in [2.24, 2.45) is 22.8 Å². The van der Waals surface area contributed by atoms with Gasteiger partial charge >= 0.3 is 0 Å². The molecule has 0 bridgehead atoms. The molecule has 4 nitrogen and oxygen atoms in total. The third-order valence-corrected chi connectivity index (χ3v) is 1.60. The first-order valence-electron chi connectivity index (χ1n) is 3.62. The average Bonchev–Trinajstić information content (AvgIpc) is 2.43. The number of hydrogen-bond donors (Lipinski definition) is 1. The van der Waals surface area contributed by atoms with Crippen LogP contribution in [-0.2, 0) is 13.6 Å². The summed E-state index contributed by atoms with van der Waals surface area (Å²) in [6.07, 6.45) is 3.33. The molecule has 0 aliphatic rings. The van der Waals surface area contributed by atoms with Crippen molar-refractivity contribution in [1.82, 2.24) is 4.57 Å². The molecule has 1 aromatic heterocycles. The highest BCUT2D eigenvalue weighted by Gasteiger charge is 2.01. The molecule has 64 valence electrons. The Morgan fingerprint density at radius 2 is 2.50 bits per heavy atom. The first kappa shape index (κ1) is 8.67. The van der Waals surface area contributed by atoms with Gasteiger partial charge in [-0.3, -0.25) is 4.99 Å². The Balaban J connectivity index is 3.01. The number of aromatic nitrogens is 1. The first-order valence-corrected chi connectivity index (χ1v) is 3.62. The van der Waals surface area contributed by atoms with Crippen molar-refractivity contribution in [2.45, 2.75) is 6.54 Å². The summed E-state index contributed by atoms with van der Waals surface area (Å²) < 4.78 is 1.89. The third-order valence-electron chi connectivity index (χ3n) is 1.60. The number of aryl methyl sites for hydroxylation is 1. The van der Waals surface area contributed by atoms with E-state index in [1.807, 2.05) is 23.9 Å². The van der Waals surface area contributed by atoms with Gasteiger partial charge in [-0.05, 0) is 12.8 Å². The molecule has 0 amide bonds. The van der Waals surface area contributed by atoms with Gasteiger partial charge in [0.2, 0.25) is 0 Å². The Kier molecular flexibility index (Phi) is 2.76. The molecular weight excluding hydrogens is 152 g/mol. The molecule has 0 aliphatic carbocycles. The second-order valence-electron chi connectivity index (χ2n) is 2.41. The van der Waals surface area contributed by atoms with E-state index in [9.17, 15) is 0 Å². The second kappa shape index (κ2) is 3.82. The molecule has 1 aromatic rings. The summed E-state index contributed by atoms with van der Waals surface area (Å²) in [4.78, 5) is 7.62. The monoisotopic (exact) mass is 164 g/mol. The number of hydrogen-bond acceptors (Lipinski definition) is 2. The fourth-order valence-electron chi connectivity index (χ4n) is 1.00. The van der Waals surface area contributed by atoms with Gasteiger partial charge in [-0.15, -0.1) is 0 Å². The van der Waals surface area contributed by atoms with Crippen LogP contribution in [0.2, 0.25) is 0 Å². The lowest BCUT2D eigenvalue weighted by Crippen LogP contribution is -1.95. The SMILES string of the molecule is C=N/C=N\c1c(CN)ccn1C. The minimum Gasteiger partial charge on any atom is -0.336 e.